The molecular weight excluding hydrogens is 278 g/mol. The average molecular weight is 297 g/mol. The number of thioether (sulfide) groups is 1. The van der Waals surface area contributed by atoms with Gasteiger partial charge in [-0.05, 0) is 35.6 Å². The average Bonchev–Trinajstić information content (AvgIpc) is 3.18. The van der Waals surface area contributed by atoms with E-state index in [4.69, 9.17) is 0 Å². The monoisotopic (exact) mass is 297 g/mol. The van der Waals surface area contributed by atoms with Gasteiger partial charge in [-0.25, -0.2) is 4.68 Å². The van der Waals surface area contributed by atoms with Gasteiger partial charge in [-0.1, -0.05) is 18.7 Å². The molecule has 1 aliphatic carbocycles. The maximum Gasteiger partial charge on any atom is 0.233 e. The Balaban J connectivity index is 1.53. The molecule has 2 fully saturated rings. The third-order valence-electron chi connectivity index (χ3n) is 3.89. The van der Waals surface area contributed by atoms with Crippen molar-refractivity contribution in [3.05, 3.63) is 0 Å². The first kappa shape index (κ1) is 13.8. The van der Waals surface area contributed by atoms with Crippen molar-refractivity contribution >= 4 is 17.7 Å². The van der Waals surface area contributed by atoms with E-state index in [-0.39, 0.29) is 17.9 Å². The minimum absolute atomic E-state index is 0.0964. The Hall–Kier alpha value is -1.15. The van der Waals surface area contributed by atoms with Gasteiger partial charge in [-0.2, -0.15) is 0 Å². The molecule has 3 rings (SSSR count). The first-order valence-electron chi connectivity index (χ1n) is 7.01. The summed E-state index contributed by atoms with van der Waals surface area (Å²) in [6.45, 7) is 3.25. The van der Waals surface area contributed by atoms with Gasteiger partial charge in [-0.3, -0.25) is 4.79 Å². The fourth-order valence-electron chi connectivity index (χ4n) is 2.41. The van der Waals surface area contributed by atoms with Gasteiger partial charge >= 0.3 is 0 Å². The molecule has 2 unspecified atom stereocenters. The Kier molecular flexibility index (Phi) is 3.93. The van der Waals surface area contributed by atoms with Gasteiger partial charge < -0.3 is 10.0 Å². The van der Waals surface area contributed by atoms with Gasteiger partial charge in [0.15, 0.2) is 0 Å². The molecule has 7 nitrogen and oxygen atoms in total. The van der Waals surface area contributed by atoms with Gasteiger partial charge in [0.25, 0.3) is 0 Å². The van der Waals surface area contributed by atoms with Crippen LogP contribution in [0.15, 0.2) is 5.16 Å². The number of likely N-dealkylation sites (tertiary alicyclic amines) is 1. The number of carbonyl (C=O) groups is 1. The summed E-state index contributed by atoms with van der Waals surface area (Å²) >= 11 is 1.40. The molecule has 1 amide bonds. The largest absolute Gasteiger partial charge is 0.393 e. The summed E-state index contributed by atoms with van der Waals surface area (Å²) in [4.78, 5) is 14.0. The third-order valence-corrected chi connectivity index (χ3v) is 4.81. The lowest BCUT2D eigenvalue weighted by molar-refractivity contribution is -0.131. The van der Waals surface area contributed by atoms with Gasteiger partial charge in [0, 0.05) is 13.1 Å². The summed E-state index contributed by atoms with van der Waals surface area (Å²) in [6, 6.07) is 0.424. The van der Waals surface area contributed by atoms with Crippen molar-refractivity contribution in [3.63, 3.8) is 0 Å². The number of aliphatic hydroxyl groups excluding tert-OH is 1. The van der Waals surface area contributed by atoms with Crippen molar-refractivity contribution in [1.29, 1.82) is 0 Å². The van der Waals surface area contributed by atoms with Gasteiger partial charge in [0.1, 0.15) is 0 Å². The molecule has 2 aliphatic rings. The van der Waals surface area contributed by atoms with Crippen LogP contribution in [0, 0.1) is 5.92 Å². The van der Waals surface area contributed by atoms with E-state index in [1.807, 2.05) is 16.5 Å². The van der Waals surface area contributed by atoms with E-state index in [0.29, 0.717) is 31.3 Å². The molecule has 1 aromatic rings. The second kappa shape index (κ2) is 5.69. The van der Waals surface area contributed by atoms with Gasteiger partial charge in [0.2, 0.25) is 11.1 Å². The molecule has 0 spiro atoms. The summed E-state index contributed by atoms with van der Waals surface area (Å²) in [5.74, 6) is 0.601. The maximum atomic E-state index is 12.2. The van der Waals surface area contributed by atoms with Gasteiger partial charge in [-0.15, -0.1) is 5.10 Å². The lowest BCUT2D eigenvalue weighted by Gasteiger charge is -2.34. The number of hydrogen-bond donors (Lipinski definition) is 1. The molecule has 1 aliphatic heterocycles. The zero-order valence-corrected chi connectivity index (χ0v) is 12.3. The van der Waals surface area contributed by atoms with Gasteiger partial charge in [0.05, 0.1) is 17.9 Å². The molecule has 110 valence electrons. The van der Waals surface area contributed by atoms with Crippen LogP contribution in [0.25, 0.3) is 0 Å². The highest BCUT2D eigenvalue weighted by Gasteiger charge is 2.30. The number of nitrogens with zero attached hydrogens (tertiary/aromatic N) is 5. The quantitative estimate of drug-likeness (QED) is 0.806. The number of rotatable bonds is 4. The van der Waals surface area contributed by atoms with E-state index in [9.17, 15) is 9.90 Å². The lowest BCUT2D eigenvalue weighted by Crippen LogP contribution is -2.45. The number of amides is 1. The first-order chi connectivity index (χ1) is 9.65. The minimum atomic E-state index is -0.283. The third kappa shape index (κ3) is 2.95. The van der Waals surface area contributed by atoms with Crippen molar-refractivity contribution in [2.24, 2.45) is 5.92 Å². The Labute approximate surface area is 121 Å². The molecule has 20 heavy (non-hydrogen) atoms. The van der Waals surface area contributed by atoms with Crippen molar-refractivity contribution in [1.82, 2.24) is 25.1 Å². The Morgan fingerprint density at radius 2 is 2.25 bits per heavy atom. The highest BCUT2D eigenvalue weighted by Crippen LogP contribution is 2.36. The molecule has 1 aromatic heterocycles. The molecule has 0 aromatic carbocycles. The first-order valence-corrected chi connectivity index (χ1v) is 8.00. The van der Waals surface area contributed by atoms with E-state index in [0.717, 1.165) is 18.0 Å². The standard InChI is InChI=1S/C12H19N5O2S/c1-8-6-16(5-4-10(8)18)11(19)7-20-12-13-14-15-17(12)9-2-3-9/h8-10,18H,2-7H2,1H3. The highest BCUT2D eigenvalue weighted by molar-refractivity contribution is 7.99. The van der Waals surface area contributed by atoms with Crippen LogP contribution < -0.4 is 0 Å². The van der Waals surface area contributed by atoms with Crippen LogP contribution in [0.1, 0.15) is 32.2 Å². The Morgan fingerprint density at radius 3 is 2.95 bits per heavy atom. The summed E-state index contributed by atoms with van der Waals surface area (Å²) in [7, 11) is 0. The molecule has 1 saturated carbocycles. The fourth-order valence-corrected chi connectivity index (χ4v) is 3.25. The molecule has 2 heterocycles. The van der Waals surface area contributed by atoms with Crippen LogP contribution in [0.2, 0.25) is 0 Å². The SMILES string of the molecule is CC1CN(C(=O)CSc2nnnn2C2CC2)CCC1O. The molecule has 2 atom stereocenters. The van der Waals surface area contributed by atoms with Crippen molar-refractivity contribution < 1.29 is 9.90 Å². The van der Waals surface area contributed by atoms with Crippen LogP contribution in [0.4, 0.5) is 0 Å². The van der Waals surface area contributed by atoms with Crippen LogP contribution in [-0.2, 0) is 4.79 Å². The van der Waals surface area contributed by atoms with Crippen molar-refractivity contribution in [2.45, 2.75) is 43.5 Å². The number of hydrogen-bond acceptors (Lipinski definition) is 6. The number of carbonyl (C=O) groups excluding carboxylic acids is 1. The van der Waals surface area contributed by atoms with E-state index in [1.54, 1.807) is 0 Å². The summed E-state index contributed by atoms with van der Waals surface area (Å²) in [5.41, 5.74) is 0. The highest BCUT2D eigenvalue weighted by atomic mass is 32.2. The lowest BCUT2D eigenvalue weighted by atomic mass is 9.97. The Bertz CT molecular complexity index is 490. The van der Waals surface area contributed by atoms with E-state index in [1.165, 1.54) is 11.8 Å². The molecule has 8 heteroatoms. The van der Waals surface area contributed by atoms with Crippen molar-refractivity contribution in [2.75, 3.05) is 18.8 Å². The number of tetrazole rings is 1. The Morgan fingerprint density at radius 1 is 1.45 bits per heavy atom. The minimum Gasteiger partial charge on any atom is -0.393 e. The predicted molar refractivity (Wildman–Crippen MR) is 73.2 cm³/mol. The normalized spacial score (nSPS) is 26.8. The number of piperidine rings is 1. The maximum absolute atomic E-state index is 12.2. The van der Waals surface area contributed by atoms with E-state index < -0.39 is 0 Å². The zero-order chi connectivity index (χ0) is 14.1. The van der Waals surface area contributed by atoms with E-state index >= 15 is 0 Å². The summed E-state index contributed by atoms with van der Waals surface area (Å²) < 4.78 is 1.82. The second-order valence-electron chi connectivity index (χ2n) is 5.60. The van der Waals surface area contributed by atoms with Crippen molar-refractivity contribution in [3.8, 4) is 0 Å². The number of aromatic nitrogens is 4. The van der Waals surface area contributed by atoms with Crippen LogP contribution in [-0.4, -0.2) is 61.1 Å². The fraction of sp³-hybridized carbons (Fsp3) is 0.833. The number of aliphatic hydroxyl groups is 1. The molecule has 0 radical (unpaired) electrons. The molecular formula is C12H19N5O2S. The summed E-state index contributed by atoms with van der Waals surface area (Å²) in [5, 5.41) is 22.0. The zero-order valence-electron chi connectivity index (χ0n) is 11.5. The van der Waals surface area contributed by atoms with Crippen LogP contribution in [0.5, 0.6) is 0 Å². The topological polar surface area (TPSA) is 84.1 Å². The van der Waals surface area contributed by atoms with E-state index in [2.05, 4.69) is 15.5 Å². The second-order valence-corrected chi connectivity index (χ2v) is 6.54. The smallest absolute Gasteiger partial charge is 0.233 e. The van der Waals surface area contributed by atoms with Crippen LogP contribution in [0.3, 0.4) is 0 Å². The van der Waals surface area contributed by atoms with Crippen LogP contribution >= 0.6 is 11.8 Å². The predicted octanol–water partition coefficient (Wildman–Crippen LogP) is 0.329. The molecule has 1 N–H and O–H groups in total. The molecule has 0 bridgehead atoms. The summed E-state index contributed by atoms with van der Waals surface area (Å²) in [6.07, 6.45) is 2.62. The molecule has 1 saturated heterocycles.